The second kappa shape index (κ2) is 5.49. The smallest absolute Gasteiger partial charge is 0.261 e. The van der Waals surface area contributed by atoms with Gasteiger partial charge in [-0.05, 0) is 36.4 Å². The van der Waals surface area contributed by atoms with Gasteiger partial charge in [0.15, 0.2) is 11.6 Å². The van der Waals surface area contributed by atoms with Crippen LogP contribution in [0.25, 0.3) is 0 Å². The van der Waals surface area contributed by atoms with Crippen LogP contribution in [0.1, 0.15) is 15.9 Å². The highest BCUT2D eigenvalue weighted by molar-refractivity contribution is 6.05. The Bertz CT molecular complexity index is 690. The number of hydrogen-bond acceptors (Lipinski definition) is 2. The number of benzene rings is 2. The third-order valence-corrected chi connectivity index (χ3v) is 2.87. The van der Waals surface area contributed by atoms with Gasteiger partial charge in [0.05, 0.1) is 17.2 Å². The Kier molecular flexibility index (Phi) is 3.76. The fraction of sp³-hybridized carbons (Fsp3) is 0.0667. The third-order valence-electron chi connectivity index (χ3n) is 2.87. The van der Waals surface area contributed by atoms with E-state index in [1.54, 1.807) is 24.3 Å². The molecule has 0 saturated carbocycles. The number of carbonyl (C=O) groups excluding carboxylic acids is 1. The summed E-state index contributed by atoms with van der Waals surface area (Å²) in [5, 5.41) is 8.70. The fourth-order valence-electron chi connectivity index (χ4n) is 1.73. The summed E-state index contributed by atoms with van der Waals surface area (Å²) in [7, 11) is 1.45. The SMILES string of the molecule is CN(C(=O)c1cccc(F)c1F)c1ccc(C#N)cc1. The lowest BCUT2D eigenvalue weighted by molar-refractivity contribution is 0.0988. The first-order valence-electron chi connectivity index (χ1n) is 5.77. The standard InChI is InChI=1S/C15H10F2N2O/c1-19(11-7-5-10(9-18)6-8-11)15(20)12-3-2-4-13(16)14(12)17/h2-8H,1H3. The van der Waals surface area contributed by atoms with E-state index in [1.165, 1.54) is 24.1 Å². The summed E-state index contributed by atoms with van der Waals surface area (Å²) in [5.74, 6) is -2.89. The average Bonchev–Trinajstić information content (AvgIpc) is 2.48. The molecule has 100 valence electrons. The summed E-state index contributed by atoms with van der Waals surface area (Å²) in [6.45, 7) is 0. The molecule has 0 aliphatic rings. The van der Waals surface area contributed by atoms with Crippen LogP contribution in [0.2, 0.25) is 0 Å². The molecule has 2 aromatic carbocycles. The quantitative estimate of drug-likeness (QED) is 0.843. The Morgan fingerprint density at radius 1 is 1.15 bits per heavy atom. The van der Waals surface area contributed by atoms with E-state index >= 15 is 0 Å². The van der Waals surface area contributed by atoms with Crippen LogP contribution in [-0.4, -0.2) is 13.0 Å². The van der Waals surface area contributed by atoms with E-state index in [-0.39, 0.29) is 5.56 Å². The molecule has 0 unspecified atom stereocenters. The molecule has 0 spiro atoms. The van der Waals surface area contributed by atoms with Gasteiger partial charge in [-0.2, -0.15) is 5.26 Å². The van der Waals surface area contributed by atoms with Crippen molar-refractivity contribution >= 4 is 11.6 Å². The number of anilines is 1. The lowest BCUT2D eigenvalue weighted by atomic mass is 10.1. The normalized spacial score (nSPS) is 9.90. The van der Waals surface area contributed by atoms with E-state index in [2.05, 4.69) is 0 Å². The first-order valence-corrected chi connectivity index (χ1v) is 5.77. The highest BCUT2D eigenvalue weighted by Gasteiger charge is 2.19. The zero-order valence-corrected chi connectivity index (χ0v) is 10.6. The van der Waals surface area contributed by atoms with Crippen molar-refractivity contribution in [2.24, 2.45) is 0 Å². The minimum absolute atomic E-state index is 0.336. The third kappa shape index (κ3) is 2.50. The minimum atomic E-state index is -1.17. The van der Waals surface area contributed by atoms with Crippen LogP contribution < -0.4 is 4.90 Å². The van der Waals surface area contributed by atoms with E-state index in [1.807, 2.05) is 6.07 Å². The lowest BCUT2D eigenvalue weighted by Crippen LogP contribution is -2.27. The minimum Gasteiger partial charge on any atom is -0.311 e. The van der Waals surface area contributed by atoms with E-state index in [9.17, 15) is 13.6 Å². The van der Waals surface area contributed by atoms with Gasteiger partial charge in [0.1, 0.15) is 0 Å². The topological polar surface area (TPSA) is 44.1 Å². The predicted octanol–water partition coefficient (Wildman–Crippen LogP) is 3.11. The largest absolute Gasteiger partial charge is 0.311 e. The summed E-state index contributed by atoms with van der Waals surface area (Å²) in [4.78, 5) is 13.3. The fourth-order valence-corrected chi connectivity index (χ4v) is 1.73. The Hall–Kier alpha value is -2.74. The molecule has 0 atom stereocenters. The average molecular weight is 272 g/mol. The molecule has 5 heteroatoms. The Morgan fingerprint density at radius 2 is 1.80 bits per heavy atom. The van der Waals surface area contributed by atoms with Gasteiger partial charge in [0, 0.05) is 12.7 Å². The van der Waals surface area contributed by atoms with Crippen molar-refractivity contribution in [3.05, 3.63) is 65.2 Å². The number of rotatable bonds is 2. The molecule has 0 heterocycles. The van der Waals surface area contributed by atoms with Crippen molar-refractivity contribution in [2.45, 2.75) is 0 Å². The molecule has 0 radical (unpaired) electrons. The van der Waals surface area contributed by atoms with Gasteiger partial charge in [-0.3, -0.25) is 4.79 Å². The van der Waals surface area contributed by atoms with Crippen LogP contribution in [0.5, 0.6) is 0 Å². The van der Waals surface area contributed by atoms with E-state index < -0.39 is 17.5 Å². The van der Waals surface area contributed by atoms with Crippen molar-refractivity contribution in [3.63, 3.8) is 0 Å². The monoisotopic (exact) mass is 272 g/mol. The maximum Gasteiger partial charge on any atom is 0.261 e. The van der Waals surface area contributed by atoms with Gasteiger partial charge in [0.25, 0.3) is 5.91 Å². The van der Waals surface area contributed by atoms with Crippen LogP contribution >= 0.6 is 0 Å². The molecule has 3 nitrogen and oxygen atoms in total. The van der Waals surface area contributed by atoms with Crippen LogP contribution in [0.15, 0.2) is 42.5 Å². The van der Waals surface area contributed by atoms with Gasteiger partial charge < -0.3 is 4.90 Å². The first kappa shape index (κ1) is 13.7. The Labute approximate surface area is 114 Å². The van der Waals surface area contributed by atoms with Crippen molar-refractivity contribution in [1.82, 2.24) is 0 Å². The molecule has 2 rings (SSSR count). The number of carbonyl (C=O) groups is 1. The Morgan fingerprint density at radius 3 is 2.40 bits per heavy atom. The van der Waals surface area contributed by atoms with Crippen LogP contribution in [-0.2, 0) is 0 Å². The molecular weight excluding hydrogens is 262 g/mol. The maximum absolute atomic E-state index is 13.6. The Balaban J connectivity index is 2.32. The van der Waals surface area contributed by atoms with Gasteiger partial charge >= 0.3 is 0 Å². The van der Waals surface area contributed by atoms with Gasteiger partial charge in [-0.1, -0.05) is 6.07 Å². The number of hydrogen-bond donors (Lipinski definition) is 0. The lowest BCUT2D eigenvalue weighted by Gasteiger charge is -2.17. The molecule has 2 aromatic rings. The molecule has 0 bridgehead atoms. The van der Waals surface area contributed by atoms with E-state index in [0.29, 0.717) is 11.3 Å². The van der Waals surface area contributed by atoms with E-state index in [0.717, 1.165) is 6.07 Å². The summed E-state index contributed by atoms with van der Waals surface area (Å²) >= 11 is 0. The van der Waals surface area contributed by atoms with Crippen molar-refractivity contribution in [3.8, 4) is 6.07 Å². The second-order valence-corrected chi connectivity index (χ2v) is 4.12. The summed E-state index contributed by atoms with van der Waals surface area (Å²) in [6.07, 6.45) is 0. The van der Waals surface area contributed by atoms with Gasteiger partial charge in [0.2, 0.25) is 0 Å². The summed E-state index contributed by atoms with van der Waals surface area (Å²) in [5.41, 5.74) is 0.598. The first-order chi connectivity index (χ1) is 9.54. The highest BCUT2D eigenvalue weighted by atomic mass is 19.2. The molecule has 0 aliphatic carbocycles. The number of halogens is 2. The number of nitriles is 1. The summed E-state index contributed by atoms with van der Waals surface area (Å²) in [6, 6.07) is 11.6. The van der Waals surface area contributed by atoms with Crippen molar-refractivity contribution in [2.75, 3.05) is 11.9 Å². The maximum atomic E-state index is 13.6. The summed E-state index contributed by atoms with van der Waals surface area (Å²) < 4.78 is 26.7. The zero-order chi connectivity index (χ0) is 14.7. The predicted molar refractivity (Wildman–Crippen MR) is 70.2 cm³/mol. The highest BCUT2D eigenvalue weighted by Crippen LogP contribution is 2.19. The molecule has 0 aliphatic heterocycles. The van der Waals surface area contributed by atoms with Crippen molar-refractivity contribution < 1.29 is 13.6 Å². The molecule has 0 aromatic heterocycles. The zero-order valence-electron chi connectivity index (χ0n) is 10.6. The molecule has 0 fully saturated rings. The molecule has 0 saturated heterocycles. The van der Waals surface area contributed by atoms with Gasteiger partial charge in [-0.15, -0.1) is 0 Å². The molecule has 1 amide bonds. The molecule has 0 N–H and O–H groups in total. The molecular formula is C15H10F2N2O. The second-order valence-electron chi connectivity index (χ2n) is 4.12. The van der Waals surface area contributed by atoms with Crippen LogP contribution in [0, 0.1) is 23.0 Å². The number of nitrogens with zero attached hydrogens (tertiary/aromatic N) is 2. The van der Waals surface area contributed by atoms with E-state index in [4.69, 9.17) is 5.26 Å². The molecule has 20 heavy (non-hydrogen) atoms. The van der Waals surface area contributed by atoms with Gasteiger partial charge in [-0.25, -0.2) is 8.78 Å². The van der Waals surface area contributed by atoms with Crippen LogP contribution in [0.3, 0.4) is 0 Å². The number of amides is 1. The van der Waals surface area contributed by atoms with Crippen LogP contribution in [0.4, 0.5) is 14.5 Å². The van der Waals surface area contributed by atoms with Crippen molar-refractivity contribution in [1.29, 1.82) is 5.26 Å².